The van der Waals surface area contributed by atoms with E-state index >= 15 is 0 Å². The van der Waals surface area contributed by atoms with Crippen molar-refractivity contribution in [3.05, 3.63) is 71.5 Å². The molecule has 1 saturated carbocycles. The number of aliphatic hydroxyl groups is 1. The lowest BCUT2D eigenvalue weighted by atomic mass is 9.69. The van der Waals surface area contributed by atoms with E-state index in [9.17, 15) is 9.50 Å². The van der Waals surface area contributed by atoms with E-state index in [-0.39, 0.29) is 17.8 Å². The predicted molar refractivity (Wildman–Crippen MR) is 93.1 cm³/mol. The summed E-state index contributed by atoms with van der Waals surface area (Å²) in [6.45, 7) is 3.09. The first-order valence-corrected chi connectivity index (χ1v) is 8.90. The lowest BCUT2D eigenvalue weighted by Crippen LogP contribution is -2.35. The summed E-state index contributed by atoms with van der Waals surface area (Å²) in [6, 6.07) is 17.3. The molecule has 0 spiro atoms. The summed E-state index contributed by atoms with van der Waals surface area (Å²) in [5.41, 5.74) is 2.43. The third kappa shape index (κ3) is 3.11. The molecule has 1 heterocycles. The second-order valence-electron chi connectivity index (χ2n) is 7.33. The standard InChI is InChI=1S/C21H24FNO/c22-18-9-6-16(7-10-18)21-19-14-23(12-15-4-2-1-3-5-15)13-17(19)8-11-20(21)24/h1-7,9-10,17,19-21,24H,8,11-14H2/t17-,19+,20-,21-/m1/s1. The molecular formula is C21H24FNO. The van der Waals surface area contributed by atoms with Gasteiger partial charge in [0, 0.05) is 25.6 Å². The van der Waals surface area contributed by atoms with Gasteiger partial charge in [-0.15, -0.1) is 0 Å². The third-order valence-corrected chi connectivity index (χ3v) is 5.78. The number of hydrogen-bond donors (Lipinski definition) is 1. The molecule has 2 aromatic rings. The average Bonchev–Trinajstić information content (AvgIpc) is 2.99. The Bertz CT molecular complexity index is 672. The van der Waals surface area contributed by atoms with E-state index in [1.165, 1.54) is 17.7 Å². The number of halogens is 1. The smallest absolute Gasteiger partial charge is 0.123 e. The summed E-state index contributed by atoms with van der Waals surface area (Å²) in [5, 5.41) is 10.6. The zero-order valence-electron chi connectivity index (χ0n) is 13.8. The Morgan fingerprint density at radius 3 is 2.46 bits per heavy atom. The number of rotatable bonds is 3. The molecule has 2 fully saturated rings. The fourth-order valence-electron chi connectivity index (χ4n) is 4.68. The summed E-state index contributed by atoms with van der Waals surface area (Å²) >= 11 is 0. The molecule has 4 rings (SSSR count). The van der Waals surface area contributed by atoms with Gasteiger partial charge < -0.3 is 5.11 Å². The van der Waals surface area contributed by atoms with Crippen LogP contribution in [-0.4, -0.2) is 29.2 Å². The predicted octanol–water partition coefficient (Wildman–Crippen LogP) is 3.81. The molecule has 2 nitrogen and oxygen atoms in total. The van der Waals surface area contributed by atoms with Crippen LogP contribution in [0.2, 0.25) is 0 Å². The van der Waals surface area contributed by atoms with Crippen LogP contribution >= 0.6 is 0 Å². The molecule has 0 radical (unpaired) electrons. The van der Waals surface area contributed by atoms with Crippen LogP contribution < -0.4 is 0 Å². The molecule has 0 aromatic heterocycles. The van der Waals surface area contributed by atoms with E-state index in [0.29, 0.717) is 11.8 Å². The minimum Gasteiger partial charge on any atom is -0.392 e. The number of hydrogen-bond acceptors (Lipinski definition) is 2. The lowest BCUT2D eigenvalue weighted by molar-refractivity contribution is 0.0590. The highest BCUT2D eigenvalue weighted by Crippen LogP contribution is 2.45. The average molecular weight is 325 g/mol. The first kappa shape index (κ1) is 15.8. The monoisotopic (exact) mass is 325 g/mol. The van der Waals surface area contributed by atoms with Gasteiger partial charge in [0.25, 0.3) is 0 Å². The third-order valence-electron chi connectivity index (χ3n) is 5.78. The highest BCUT2D eigenvalue weighted by atomic mass is 19.1. The van der Waals surface area contributed by atoms with E-state index in [4.69, 9.17) is 0 Å². The highest BCUT2D eigenvalue weighted by Gasteiger charge is 2.44. The Balaban J connectivity index is 1.53. The van der Waals surface area contributed by atoms with Crippen LogP contribution in [0.3, 0.4) is 0 Å². The molecule has 2 aliphatic rings. The van der Waals surface area contributed by atoms with Crippen LogP contribution in [0.1, 0.15) is 29.9 Å². The van der Waals surface area contributed by atoms with E-state index < -0.39 is 0 Å². The van der Waals surface area contributed by atoms with Crippen LogP contribution in [0, 0.1) is 17.7 Å². The highest BCUT2D eigenvalue weighted by molar-refractivity contribution is 5.25. The largest absolute Gasteiger partial charge is 0.392 e. The maximum atomic E-state index is 13.3. The van der Waals surface area contributed by atoms with Gasteiger partial charge in [0.1, 0.15) is 5.82 Å². The SMILES string of the molecule is O[C@@H]1CC[C@@H]2CN(Cc3ccccc3)C[C@@H]2[C@H]1c1ccc(F)cc1. The number of benzene rings is 2. The summed E-state index contributed by atoms with van der Waals surface area (Å²) < 4.78 is 13.3. The van der Waals surface area contributed by atoms with Crippen molar-refractivity contribution >= 4 is 0 Å². The molecular weight excluding hydrogens is 301 g/mol. The fraction of sp³-hybridized carbons (Fsp3) is 0.429. The van der Waals surface area contributed by atoms with E-state index in [1.807, 2.05) is 18.2 Å². The number of fused-ring (bicyclic) bond motifs is 1. The van der Waals surface area contributed by atoms with Crippen molar-refractivity contribution in [2.24, 2.45) is 11.8 Å². The molecule has 3 heteroatoms. The van der Waals surface area contributed by atoms with Gasteiger partial charge in [-0.1, -0.05) is 42.5 Å². The first-order chi connectivity index (χ1) is 11.7. The second-order valence-corrected chi connectivity index (χ2v) is 7.33. The molecule has 2 aromatic carbocycles. The van der Waals surface area contributed by atoms with Crippen LogP contribution in [0.5, 0.6) is 0 Å². The number of nitrogens with zero attached hydrogens (tertiary/aromatic N) is 1. The van der Waals surface area contributed by atoms with Crippen LogP contribution in [-0.2, 0) is 6.54 Å². The molecule has 1 aliphatic carbocycles. The van der Waals surface area contributed by atoms with Crippen molar-refractivity contribution in [2.75, 3.05) is 13.1 Å². The molecule has 4 atom stereocenters. The van der Waals surface area contributed by atoms with Crippen LogP contribution in [0.4, 0.5) is 4.39 Å². The van der Waals surface area contributed by atoms with E-state index in [2.05, 4.69) is 29.2 Å². The van der Waals surface area contributed by atoms with E-state index in [0.717, 1.165) is 38.0 Å². The minimum absolute atomic E-state index is 0.130. The maximum absolute atomic E-state index is 13.3. The zero-order valence-corrected chi connectivity index (χ0v) is 13.8. The molecule has 0 amide bonds. The van der Waals surface area contributed by atoms with Crippen LogP contribution in [0.25, 0.3) is 0 Å². The van der Waals surface area contributed by atoms with Crippen molar-refractivity contribution in [3.8, 4) is 0 Å². The Kier molecular flexibility index (Phi) is 4.38. The maximum Gasteiger partial charge on any atom is 0.123 e. The van der Waals surface area contributed by atoms with Gasteiger partial charge >= 0.3 is 0 Å². The molecule has 0 unspecified atom stereocenters. The van der Waals surface area contributed by atoms with Crippen molar-refractivity contribution in [2.45, 2.75) is 31.4 Å². The van der Waals surface area contributed by atoms with Gasteiger partial charge in [-0.25, -0.2) is 4.39 Å². The summed E-state index contributed by atoms with van der Waals surface area (Å²) in [6.07, 6.45) is 1.63. The van der Waals surface area contributed by atoms with Gasteiger partial charge in [-0.05, 0) is 47.9 Å². The first-order valence-electron chi connectivity index (χ1n) is 8.90. The molecule has 1 aliphatic heterocycles. The molecule has 0 bridgehead atoms. The fourth-order valence-corrected chi connectivity index (χ4v) is 4.68. The van der Waals surface area contributed by atoms with E-state index in [1.54, 1.807) is 0 Å². The summed E-state index contributed by atoms with van der Waals surface area (Å²) in [7, 11) is 0. The van der Waals surface area contributed by atoms with Gasteiger partial charge in [0.05, 0.1) is 6.10 Å². The van der Waals surface area contributed by atoms with Crippen molar-refractivity contribution in [3.63, 3.8) is 0 Å². The minimum atomic E-state index is -0.312. The van der Waals surface area contributed by atoms with Gasteiger partial charge in [-0.3, -0.25) is 4.90 Å². The quantitative estimate of drug-likeness (QED) is 0.927. The summed E-state index contributed by atoms with van der Waals surface area (Å²) in [5.74, 6) is 1.01. The lowest BCUT2D eigenvalue weighted by Gasteiger charge is -2.37. The number of likely N-dealkylation sites (tertiary alicyclic amines) is 1. The van der Waals surface area contributed by atoms with Crippen LogP contribution in [0.15, 0.2) is 54.6 Å². The molecule has 126 valence electrons. The van der Waals surface area contributed by atoms with Gasteiger partial charge in [-0.2, -0.15) is 0 Å². The van der Waals surface area contributed by atoms with Crippen molar-refractivity contribution in [1.29, 1.82) is 0 Å². The normalized spacial score (nSPS) is 30.2. The zero-order chi connectivity index (χ0) is 16.5. The number of aliphatic hydroxyl groups excluding tert-OH is 1. The second kappa shape index (κ2) is 6.66. The van der Waals surface area contributed by atoms with Crippen molar-refractivity contribution in [1.82, 2.24) is 4.90 Å². The summed E-state index contributed by atoms with van der Waals surface area (Å²) in [4.78, 5) is 2.51. The van der Waals surface area contributed by atoms with Gasteiger partial charge in [0.2, 0.25) is 0 Å². The Labute approximate surface area is 142 Å². The Morgan fingerprint density at radius 2 is 1.71 bits per heavy atom. The topological polar surface area (TPSA) is 23.5 Å². The Hall–Kier alpha value is -1.71. The van der Waals surface area contributed by atoms with Gasteiger partial charge in [0.15, 0.2) is 0 Å². The Morgan fingerprint density at radius 1 is 0.958 bits per heavy atom. The molecule has 1 N–H and O–H groups in total. The molecule has 1 saturated heterocycles. The van der Waals surface area contributed by atoms with Crippen molar-refractivity contribution < 1.29 is 9.50 Å². The molecule has 24 heavy (non-hydrogen) atoms.